The molecule has 1 aliphatic rings. The van der Waals surface area contributed by atoms with Crippen molar-refractivity contribution in [2.45, 2.75) is 33.8 Å². The summed E-state index contributed by atoms with van der Waals surface area (Å²) in [5, 5.41) is 15.3. The fourth-order valence-electron chi connectivity index (χ4n) is 3.63. The van der Waals surface area contributed by atoms with E-state index in [4.69, 9.17) is 9.26 Å². The van der Waals surface area contributed by atoms with Gasteiger partial charge in [0, 0.05) is 25.2 Å². The Kier molecular flexibility index (Phi) is 5.43. The SMILES string of the molecule is Cc1cc(COC(=O)c2ccc(N3CC(C)CC(C)C3)c([N+](=O)[O-])c2)on1. The van der Waals surface area contributed by atoms with Gasteiger partial charge in [0.15, 0.2) is 12.4 Å². The third kappa shape index (κ3) is 4.45. The first-order valence-electron chi connectivity index (χ1n) is 8.96. The van der Waals surface area contributed by atoms with Crippen molar-refractivity contribution in [2.75, 3.05) is 18.0 Å². The molecule has 1 aromatic heterocycles. The molecule has 2 aromatic rings. The van der Waals surface area contributed by atoms with Crippen LogP contribution in [0.15, 0.2) is 28.8 Å². The molecule has 8 heteroatoms. The maximum Gasteiger partial charge on any atom is 0.338 e. The van der Waals surface area contributed by atoms with Gasteiger partial charge in [0.05, 0.1) is 16.2 Å². The third-order valence-electron chi connectivity index (χ3n) is 4.64. The van der Waals surface area contributed by atoms with E-state index < -0.39 is 10.9 Å². The number of aromatic nitrogens is 1. The maximum absolute atomic E-state index is 12.3. The molecule has 0 spiro atoms. The molecular formula is C19H23N3O5. The van der Waals surface area contributed by atoms with Crippen LogP contribution in [0.5, 0.6) is 0 Å². The molecule has 8 nitrogen and oxygen atoms in total. The van der Waals surface area contributed by atoms with Gasteiger partial charge in [-0.2, -0.15) is 0 Å². The van der Waals surface area contributed by atoms with Crippen molar-refractivity contribution in [1.29, 1.82) is 0 Å². The third-order valence-corrected chi connectivity index (χ3v) is 4.64. The van der Waals surface area contributed by atoms with E-state index in [2.05, 4.69) is 19.0 Å². The Morgan fingerprint density at radius 2 is 2.04 bits per heavy atom. The predicted molar refractivity (Wildman–Crippen MR) is 98.6 cm³/mol. The molecule has 144 valence electrons. The van der Waals surface area contributed by atoms with Crippen LogP contribution >= 0.6 is 0 Å². The molecule has 0 bridgehead atoms. The Hall–Kier alpha value is -2.90. The van der Waals surface area contributed by atoms with Crippen LogP contribution in [0, 0.1) is 28.9 Å². The van der Waals surface area contributed by atoms with Crippen molar-refractivity contribution in [3.05, 3.63) is 51.4 Å². The summed E-state index contributed by atoms with van der Waals surface area (Å²) in [6.07, 6.45) is 1.11. The number of piperidine rings is 1. The maximum atomic E-state index is 12.3. The molecule has 1 aromatic carbocycles. The van der Waals surface area contributed by atoms with Crippen LogP contribution in [-0.4, -0.2) is 29.1 Å². The lowest BCUT2D eigenvalue weighted by molar-refractivity contribution is -0.384. The molecular weight excluding hydrogens is 350 g/mol. The van der Waals surface area contributed by atoms with Gasteiger partial charge in [0.2, 0.25) is 0 Å². The highest BCUT2D eigenvalue weighted by molar-refractivity contribution is 5.91. The minimum absolute atomic E-state index is 0.0730. The molecule has 0 saturated carbocycles. The highest BCUT2D eigenvalue weighted by Gasteiger charge is 2.28. The van der Waals surface area contributed by atoms with Crippen molar-refractivity contribution in [3.8, 4) is 0 Å². The molecule has 2 heterocycles. The average Bonchev–Trinajstić information content (AvgIpc) is 3.03. The van der Waals surface area contributed by atoms with Gasteiger partial charge >= 0.3 is 5.97 Å². The zero-order valence-electron chi connectivity index (χ0n) is 15.7. The number of hydrogen-bond donors (Lipinski definition) is 0. The normalized spacial score (nSPS) is 19.7. The molecule has 2 unspecified atom stereocenters. The van der Waals surface area contributed by atoms with Crippen LogP contribution in [0.4, 0.5) is 11.4 Å². The quantitative estimate of drug-likeness (QED) is 0.447. The lowest BCUT2D eigenvalue weighted by Gasteiger charge is -2.36. The van der Waals surface area contributed by atoms with E-state index in [1.165, 1.54) is 6.07 Å². The van der Waals surface area contributed by atoms with Crippen molar-refractivity contribution in [3.63, 3.8) is 0 Å². The van der Waals surface area contributed by atoms with Crippen LogP contribution < -0.4 is 4.90 Å². The summed E-state index contributed by atoms with van der Waals surface area (Å²) in [6.45, 7) is 7.51. The van der Waals surface area contributed by atoms with Crippen LogP contribution in [-0.2, 0) is 11.3 Å². The summed E-state index contributed by atoms with van der Waals surface area (Å²) in [5.41, 5.74) is 1.29. The van der Waals surface area contributed by atoms with Gasteiger partial charge in [0.1, 0.15) is 5.69 Å². The molecule has 2 atom stereocenters. The summed E-state index contributed by atoms with van der Waals surface area (Å²) in [6, 6.07) is 6.16. The molecule has 1 aliphatic heterocycles. The van der Waals surface area contributed by atoms with Gasteiger partial charge in [-0.15, -0.1) is 0 Å². The predicted octanol–water partition coefficient (Wildman–Crippen LogP) is 3.73. The lowest BCUT2D eigenvalue weighted by Crippen LogP contribution is -2.39. The van der Waals surface area contributed by atoms with Crippen molar-refractivity contribution >= 4 is 17.3 Å². The zero-order valence-corrected chi connectivity index (χ0v) is 15.7. The largest absolute Gasteiger partial charge is 0.454 e. The van der Waals surface area contributed by atoms with Crippen molar-refractivity contribution in [1.82, 2.24) is 5.16 Å². The van der Waals surface area contributed by atoms with Crippen molar-refractivity contribution < 1.29 is 19.0 Å². The average molecular weight is 373 g/mol. The zero-order chi connectivity index (χ0) is 19.6. The Bertz CT molecular complexity index is 838. The van der Waals surface area contributed by atoms with Gasteiger partial charge in [-0.25, -0.2) is 4.79 Å². The van der Waals surface area contributed by atoms with E-state index in [0.29, 0.717) is 29.0 Å². The minimum Gasteiger partial charge on any atom is -0.454 e. The molecule has 27 heavy (non-hydrogen) atoms. The molecule has 3 rings (SSSR count). The number of nitro benzene ring substituents is 1. The second-order valence-electron chi connectivity index (χ2n) is 7.32. The Morgan fingerprint density at radius 1 is 1.33 bits per heavy atom. The Balaban J connectivity index is 1.78. The summed E-state index contributed by atoms with van der Waals surface area (Å²) in [7, 11) is 0. The van der Waals surface area contributed by atoms with E-state index in [0.717, 1.165) is 19.5 Å². The van der Waals surface area contributed by atoms with E-state index in [1.54, 1.807) is 25.1 Å². The highest BCUT2D eigenvalue weighted by atomic mass is 16.6. The van der Waals surface area contributed by atoms with Crippen LogP contribution in [0.2, 0.25) is 0 Å². The molecule has 0 amide bonds. The first kappa shape index (κ1) is 18.9. The Morgan fingerprint density at radius 3 is 2.63 bits per heavy atom. The number of rotatable bonds is 5. The first-order chi connectivity index (χ1) is 12.8. The van der Waals surface area contributed by atoms with Gasteiger partial charge < -0.3 is 14.2 Å². The summed E-state index contributed by atoms with van der Waals surface area (Å²) in [4.78, 5) is 25.4. The topological polar surface area (TPSA) is 98.7 Å². The number of carbonyl (C=O) groups is 1. The van der Waals surface area contributed by atoms with E-state index >= 15 is 0 Å². The van der Waals surface area contributed by atoms with E-state index in [-0.39, 0.29) is 17.9 Å². The number of ether oxygens (including phenoxy) is 1. The second kappa shape index (κ2) is 7.77. The van der Waals surface area contributed by atoms with Gasteiger partial charge in [0.25, 0.3) is 5.69 Å². The van der Waals surface area contributed by atoms with Gasteiger partial charge in [-0.1, -0.05) is 19.0 Å². The standard InChI is InChI=1S/C19H23N3O5/c1-12-6-13(2)10-21(9-12)17-5-4-15(8-18(17)22(24)25)19(23)26-11-16-7-14(3)20-27-16/h4-5,7-8,12-13H,6,9-11H2,1-3H3. The van der Waals surface area contributed by atoms with E-state index in [9.17, 15) is 14.9 Å². The van der Waals surface area contributed by atoms with E-state index in [1.807, 2.05) is 4.90 Å². The van der Waals surface area contributed by atoms with Crippen LogP contribution in [0.25, 0.3) is 0 Å². The molecule has 1 fully saturated rings. The van der Waals surface area contributed by atoms with Crippen molar-refractivity contribution in [2.24, 2.45) is 11.8 Å². The summed E-state index contributed by atoms with van der Waals surface area (Å²) in [5.74, 6) is 0.703. The number of aryl methyl sites for hydroxylation is 1. The van der Waals surface area contributed by atoms with Gasteiger partial charge in [-0.05, 0) is 37.3 Å². The van der Waals surface area contributed by atoms with Gasteiger partial charge in [-0.3, -0.25) is 10.1 Å². The highest BCUT2D eigenvalue weighted by Crippen LogP contribution is 2.34. The molecule has 0 radical (unpaired) electrons. The van der Waals surface area contributed by atoms with Crippen LogP contribution in [0.1, 0.15) is 42.1 Å². The molecule has 1 saturated heterocycles. The fourth-order valence-corrected chi connectivity index (χ4v) is 3.63. The summed E-state index contributed by atoms with van der Waals surface area (Å²) >= 11 is 0. The smallest absolute Gasteiger partial charge is 0.338 e. The number of hydrogen-bond acceptors (Lipinski definition) is 7. The monoisotopic (exact) mass is 373 g/mol. The number of nitro groups is 1. The number of benzene rings is 1. The Labute approximate surface area is 157 Å². The van der Waals surface area contributed by atoms with Crippen LogP contribution in [0.3, 0.4) is 0 Å². The first-order valence-corrected chi connectivity index (χ1v) is 8.96. The minimum atomic E-state index is -0.640. The fraction of sp³-hybridized carbons (Fsp3) is 0.474. The number of esters is 1. The second-order valence-corrected chi connectivity index (χ2v) is 7.32. The number of anilines is 1. The molecule has 0 aliphatic carbocycles. The lowest BCUT2D eigenvalue weighted by atomic mass is 9.91. The molecule has 0 N–H and O–H groups in total. The number of nitrogens with zero attached hydrogens (tertiary/aromatic N) is 3. The number of carbonyl (C=O) groups excluding carboxylic acids is 1. The summed E-state index contributed by atoms with van der Waals surface area (Å²) < 4.78 is 10.2.